The smallest absolute Gasteiger partial charge is 0.430 e. The number of ether oxygens (including phenoxy) is 2. The van der Waals surface area contributed by atoms with E-state index < -0.39 is 11.8 Å². The second-order valence-electron chi connectivity index (χ2n) is 5.60. The van der Waals surface area contributed by atoms with E-state index in [1.807, 2.05) is 6.08 Å². The Morgan fingerprint density at radius 3 is 2.26 bits per heavy atom. The van der Waals surface area contributed by atoms with Crippen molar-refractivity contribution in [2.24, 2.45) is 0 Å². The van der Waals surface area contributed by atoms with Gasteiger partial charge in [0, 0.05) is 0 Å². The van der Waals surface area contributed by atoms with Gasteiger partial charge >= 0.3 is 6.16 Å². The number of carbonyl (C=O) groups is 1. The third-order valence-corrected chi connectivity index (χ3v) is 2.24. The van der Waals surface area contributed by atoms with Crippen LogP contribution in [0.15, 0.2) is 24.3 Å². The van der Waals surface area contributed by atoms with Gasteiger partial charge in [-0.15, -0.1) is 0 Å². The molecule has 0 aliphatic rings. The average Bonchev–Trinajstić information content (AvgIpc) is 2.20. The van der Waals surface area contributed by atoms with Gasteiger partial charge < -0.3 is 9.47 Å². The maximum atomic E-state index is 11.3. The molecular weight excluding hydrogens is 240 g/mol. The van der Waals surface area contributed by atoms with E-state index in [2.05, 4.69) is 32.0 Å². The predicted octanol–water partition coefficient (Wildman–Crippen LogP) is 4.27. The van der Waals surface area contributed by atoms with Crippen molar-refractivity contribution in [2.75, 3.05) is 6.61 Å². The van der Waals surface area contributed by atoms with Gasteiger partial charge in [-0.25, -0.2) is 4.79 Å². The first kappa shape index (κ1) is 15.3. The van der Waals surface area contributed by atoms with Crippen molar-refractivity contribution >= 4 is 12.2 Å². The van der Waals surface area contributed by atoms with Crippen molar-refractivity contribution in [3.8, 4) is 0 Å². The molecule has 0 aliphatic carbocycles. The summed E-state index contributed by atoms with van der Waals surface area (Å²) in [6.07, 6.45) is 3.10. The fourth-order valence-electron chi connectivity index (χ4n) is 1.69. The highest BCUT2D eigenvalue weighted by atomic mass is 16.7. The summed E-state index contributed by atoms with van der Waals surface area (Å²) in [5, 5.41) is 0. The third kappa shape index (κ3) is 6.65. The summed E-state index contributed by atoms with van der Waals surface area (Å²) in [5.41, 5.74) is 3.01. The zero-order valence-electron chi connectivity index (χ0n) is 12.3. The predicted molar refractivity (Wildman–Crippen MR) is 77.1 cm³/mol. The minimum absolute atomic E-state index is 0.210. The summed E-state index contributed by atoms with van der Waals surface area (Å²) in [6, 6.07) is 6.28. The summed E-state index contributed by atoms with van der Waals surface area (Å²) < 4.78 is 9.99. The lowest BCUT2D eigenvalue weighted by molar-refractivity contribution is -0.00234. The molecule has 0 aromatic heterocycles. The van der Waals surface area contributed by atoms with Gasteiger partial charge in [0.15, 0.2) is 0 Å². The number of hydrogen-bond acceptors (Lipinski definition) is 3. The quantitative estimate of drug-likeness (QED) is 0.763. The number of aryl methyl sites for hydroxylation is 2. The lowest BCUT2D eigenvalue weighted by Gasteiger charge is -2.18. The molecule has 0 atom stereocenters. The van der Waals surface area contributed by atoms with Crippen LogP contribution in [0.4, 0.5) is 4.79 Å². The monoisotopic (exact) mass is 262 g/mol. The Kier molecular flexibility index (Phi) is 5.16. The highest BCUT2D eigenvalue weighted by Gasteiger charge is 2.16. The van der Waals surface area contributed by atoms with Crippen LogP contribution in [0.3, 0.4) is 0 Å². The zero-order valence-corrected chi connectivity index (χ0v) is 12.3. The SMILES string of the molecule is Cc1cc(C)cc(/C=C/COC(=O)OC(C)(C)C)c1. The molecule has 0 fully saturated rings. The molecule has 3 nitrogen and oxygen atoms in total. The van der Waals surface area contributed by atoms with Gasteiger partial charge in [-0.3, -0.25) is 0 Å². The third-order valence-electron chi connectivity index (χ3n) is 2.24. The molecule has 0 bridgehead atoms. The highest BCUT2D eigenvalue weighted by Crippen LogP contribution is 2.11. The van der Waals surface area contributed by atoms with Crippen LogP contribution in [-0.2, 0) is 9.47 Å². The van der Waals surface area contributed by atoms with Gasteiger partial charge in [-0.1, -0.05) is 35.4 Å². The van der Waals surface area contributed by atoms with Crippen LogP contribution >= 0.6 is 0 Å². The van der Waals surface area contributed by atoms with E-state index in [4.69, 9.17) is 9.47 Å². The van der Waals surface area contributed by atoms with E-state index in [9.17, 15) is 4.79 Å². The molecular formula is C16H22O3. The number of hydrogen-bond donors (Lipinski definition) is 0. The van der Waals surface area contributed by atoms with E-state index in [1.165, 1.54) is 11.1 Å². The van der Waals surface area contributed by atoms with E-state index in [1.54, 1.807) is 26.8 Å². The molecule has 1 rings (SSSR count). The zero-order chi connectivity index (χ0) is 14.5. The molecule has 0 aliphatic heterocycles. The molecule has 0 N–H and O–H groups in total. The molecule has 0 spiro atoms. The van der Waals surface area contributed by atoms with Crippen LogP contribution < -0.4 is 0 Å². The fraction of sp³-hybridized carbons (Fsp3) is 0.438. The van der Waals surface area contributed by atoms with Crippen molar-refractivity contribution in [2.45, 2.75) is 40.2 Å². The van der Waals surface area contributed by atoms with Crippen LogP contribution in [0.2, 0.25) is 0 Å². The Morgan fingerprint density at radius 1 is 1.16 bits per heavy atom. The molecule has 19 heavy (non-hydrogen) atoms. The van der Waals surface area contributed by atoms with Gasteiger partial charge in [-0.05, 0) is 46.3 Å². The molecule has 0 radical (unpaired) electrons. The minimum atomic E-state index is -0.641. The summed E-state index contributed by atoms with van der Waals surface area (Å²) >= 11 is 0. The molecule has 1 aromatic rings. The molecule has 0 unspecified atom stereocenters. The average molecular weight is 262 g/mol. The van der Waals surface area contributed by atoms with Crippen molar-refractivity contribution in [1.82, 2.24) is 0 Å². The summed E-state index contributed by atoms with van der Waals surface area (Å²) in [7, 11) is 0. The van der Waals surface area contributed by atoms with Crippen LogP contribution in [0.5, 0.6) is 0 Å². The Morgan fingerprint density at radius 2 is 1.74 bits per heavy atom. The Bertz CT molecular complexity index is 447. The van der Waals surface area contributed by atoms with Crippen molar-refractivity contribution < 1.29 is 14.3 Å². The van der Waals surface area contributed by atoms with Crippen molar-refractivity contribution in [1.29, 1.82) is 0 Å². The molecule has 0 saturated carbocycles. The Labute approximate surface area is 115 Å². The second-order valence-corrected chi connectivity index (χ2v) is 5.60. The second kappa shape index (κ2) is 6.41. The molecule has 0 heterocycles. The van der Waals surface area contributed by atoms with Crippen LogP contribution in [0, 0.1) is 13.8 Å². The maximum Gasteiger partial charge on any atom is 0.509 e. The minimum Gasteiger partial charge on any atom is -0.430 e. The van der Waals surface area contributed by atoms with Gasteiger partial charge in [0.1, 0.15) is 12.2 Å². The Balaban J connectivity index is 2.44. The summed E-state index contributed by atoms with van der Waals surface area (Å²) in [6.45, 7) is 9.74. The lowest BCUT2D eigenvalue weighted by atomic mass is 10.1. The first-order valence-electron chi connectivity index (χ1n) is 6.37. The maximum absolute atomic E-state index is 11.3. The van der Waals surface area contributed by atoms with E-state index in [-0.39, 0.29) is 6.61 Å². The standard InChI is InChI=1S/C16H22O3/c1-12-9-13(2)11-14(10-12)7-6-8-18-15(17)19-16(3,4)5/h6-7,9-11H,8H2,1-5H3/b7-6+. The molecule has 0 amide bonds. The lowest BCUT2D eigenvalue weighted by Crippen LogP contribution is -2.24. The Hall–Kier alpha value is -1.77. The van der Waals surface area contributed by atoms with Crippen molar-refractivity contribution in [3.63, 3.8) is 0 Å². The largest absolute Gasteiger partial charge is 0.509 e. The highest BCUT2D eigenvalue weighted by molar-refractivity contribution is 5.61. The molecule has 1 aromatic carbocycles. The topological polar surface area (TPSA) is 35.5 Å². The van der Waals surface area contributed by atoms with Crippen LogP contribution in [-0.4, -0.2) is 18.4 Å². The first-order chi connectivity index (χ1) is 8.76. The van der Waals surface area contributed by atoms with E-state index >= 15 is 0 Å². The number of carbonyl (C=O) groups excluding carboxylic acids is 1. The molecule has 104 valence electrons. The van der Waals surface area contributed by atoms with Gasteiger partial charge in [0.05, 0.1) is 0 Å². The van der Waals surface area contributed by atoms with Crippen LogP contribution in [0.25, 0.3) is 6.08 Å². The number of rotatable bonds is 3. The van der Waals surface area contributed by atoms with E-state index in [0.29, 0.717) is 0 Å². The van der Waals surface area contributed by atoms with Gasteiger partial charge in [-0.2, -0.15) is 0 Å². The molecule has 0 saturated heterocycles. The van der Waals surface area contributed by atoms with Crippen LogP contribution in [0.1, 0.15) is 37.5 Å². The van der Waals surface area contributed by atoms with Gasteiger partial charge in [0.2, 0.25) is 0 Å². The van der Waals surface area contributed by atoms with Gasteiger partial charge in [0.25, 0.3) is 0 Å². The molecule has 3 heteroatoms. The van der Waals surface area contributed by atoms with Crippen molar-refractivity contribution in [3.05, 3.63) is 41.0 Å². The van der Waals surface area contributed by atoms with E-state index in [0.717, 1.165) is 5.56 Å². The summed E-state index contributed by atoms with van der Waals surface area (Å²) in [5.74, 6) is 0. The normalized spacial score (nSPS) is 11.6. The number of benzene rings is 1. The fourth-order valence-corrected chi connectivity index (χ4v) is 1.69. The summed E-state index contributed by atoms with van der Waals surface area (Å²) in [4.78, 5) is 11.3. The first-order valence-corrected chi connectivity index (χ1v) is 6.37.